The van der Waals surface area contributed by atoms with Crippen LogP contribution in [0.5, 0.6) is 0 Å². The van der Waals surface area contributed by atoms with Crippen molar-refractivity contribution in [3.8, 4) is 11.4 Å². The number of nitrogens with zero attached hydrogens (tertiary/aromatic N) is 5. The summed E-state index contributed by atoms with van der Waals surface area (Å²) < 4.78 is 5.71. The monoisotopic (exact) mass is 468 g/mol. The van der Waals surface area contributed by atoms with Crippen LogP contribution >= 0.6 is 0 Å². The third-order valence-corrected chi connectivity index (χ3v) is 7.16. The summed E-state index contributed by atoms with van der Waals surface area (Å²) in [5, 5.41) is 0.974. The molecule has 8 nitrogen and oxygen atoms in total. The molecule has 0 bridgehead atoms. The molecule has 0 aliphatic carbocycles. The highest BCUT2D eigenvalue weighted by molar-refractivity contribution is 5.95. The number of hydrogen-bond donors (Lipinski definition) is 1. The molecule has 1 fully saturated rings. The zero-order chi connectivity index (χ0) is 24.2. The van der Waals surface area contributed by atoms with Gasteiger partial charge in [-0.1, -0.05) is 18.2 Å². The van der Waals surface area contributed by atoms with Gasteiger partial charge < -0.3 is 19.5 Å². The Morgan fingerprint density at radius 1 is 1.14 bits per heavy atom. The number of anilines is 1. The van der Waals surface area contributed by atoms with E-state index in [0.717, 1.165) is 40.2 Å². The number of aromatic amines is 1. The minimum atomic E-state index is -0.603. The Morgan fingerprint density at radius 2 is 1.97 bits per heavy atom. The van der Waals surface area contributed by atoms with Gasteiger partial charge in [-0.3, -0.25) is 4.79 Å². The van der Waals surface area contributed by atoms with Gasteiger partial charge >= 0.3 is 0 Å². The summed E-state index contributed by atoms with van der Waals surface area (Å²) in [7, 11) is 0. The van der Waals surface area contributed by atoms with E-state index in [0.29, 0.717) is 31.1 Å². The number of carbonyl (C=O) groups is 1. The number of aromatic nitrogens is 4. The fourth-order valence-electron chi connectivity index (χ4n) is 5.23. The molecule has 6 rings (SSSR count). The number of fused-ring (bicyclic) bond motifs is 2. The molecule has 0 radical (unpaired) electrons. The van der Waals surface area contributed by atoms with Gasteiger partial charge in [0, 0.05) is 41.0 Å². The fourth-order valence-corrected chi connectivity index (χ4v) is 5.23. The predicted octanol–water partition coefficient (Wildman–Crippen LogP) is 4.14. The lowest BCUT2D eigenvalue weighted by atomic mass is 9.98. The third-order valence-electron chi connectivity index (χ3n) is 7.16. The second kappa shape index (κ2) is 8.16. The van der Waals surface area contributed by atoms with E-state index in [2.05, 4.69) is 35.6 Å². The molecule has 1 aromatic carbocycles. The highest BCUT2D eigenvalue weighted by Crippen LogP contribution is 2.43. The smallest absolute Gasteiger partial charge is 0.254 e. The molecule has 2 aliphatic rings. The number of ether oxygens (including phenoxy) is 1. The number of amides is 1. The van der Waals surface area contributed by atoms with Crippen molar-refractivity contribution in [2.75, 3.05) is 24.7 Å². The van der Waals surface area contributed by atoms with Crippen molar-refractivity contribution in [3.05, 3.63) is 71.7 Å². The van der Waals surface area contributed by atoms with Crippen LogP contribution in [0.3, 0.4) is 0 Å². The molecule has 0 spiro atoms. The Bertz CT molecular complexity index is 1410. The predicted molar refractivity (Wildman–Crippen MR) is 134 cm³/mol. The van der Waals surface area contributed by atoms with Gasteiger partial charge in [0.25, 0.3) is 5.91 Å². The molecule has 5 heterocycles. The number of nitrogens with one attached hydrogen (secondary N) is 1. The number of pyridine rings is 1. The van der Waals surface area contributed by atoms with Gasteiger partial charge in [-0.05, 0) is 45.0 Å². The quantitative estimate of drug-likeness (QED) is 0.486. The molecule has 3 aromatic heterocycles. The van der Waals surface area contributed by atoms with Crippen LogP contribution in [0.25, 0.3) is 22.4 Å². The van der Waals surface area contributed by atoms with Crippen molar-refractivity contribution >= 4 is 22.8 Å². The maximum Gasteiger partial charge on any atom is 0.254 e. The van der Waals surface area contributed by atoms with E-state index >= 15 is 0 Å². The van der Waals surface area contributed by atoms with Crippen molar-refractivity contribution in [1.82, 2.24) is 24.8 Å². The molecule has 8 heteroatoms. The molecule has 178 valence electrons. The number of H-pyrrole nitrogens is 1. The summed E-state index contributed by atoms with van der Waals surface area (Å²) >= 11 is 0. The van der Waals surface area contributed by atoms with E-state index in [9.17, 15) is 4.79 Å². The largest absolute Gasteiger partial charge is 0.377 e. The molecule has 1 saturated heterocycles. The number of rotatable bonds is 3. The van der Waals surface area contributed by atoms with E-state index in [4.69, 9.17) is 14.7 Å². The van der Waals surface area contributed by atoms with Crippen LogP contribution in [0.4, 0.5) is 5.82 Å². The topological polar surface area (TPSA) is 87.2 Å². The second-order valence-electron chi connectivity index (χ2n) is 9.73. The Labute approximate surface area is 204 Å². The normalized spacial score (nSPS) is 19.2. The summed E-state index contributed by atoms with van der Waals surface area (Å²) in [6.45, 7) is 8.78. The van der Waals surface area contributed by atoms with Crippen LogP contribution in [-0.4, -0.2) is 56.5 Å². The Morgan fingerprint density at radius 3 is 2.77 bits per heavy atom. The van der Waals surface area contributed by atoms with Crippen molar-refractivity contribution in [2.24, 2.45) is 0 Å². The van der Waals surface area contributed by atoms with Crippen LogP contribution in [0, 0.1) is 0 Å². The van der Waals surface area contributed by atoms with Gasteiger partial charge in [-0.2, -0.15) is 0 Å². The summed E-state index contributed by atoms with van der Waals surface area (Å²) in [4.78, 5) is 35.7. The lowest BCUT2D eigenvalue weighted by Crippen LogP contribution is -2.44. The third kappa shape index (κ3) is 3.47. The first-order chi connectivity index (χ1) is 16.9. The molecule has 35 heavy (non-hydrogen) atoms. The van der Waals surface area contributed by atoms with Crippen LogP contribution < -0.4 is 4.90 Å². The van der Waals surface area contributed by atoms with Crippen molar-refractivity contribution in [2.45, 2.75) is 38.9 Å². The standard InChI is InChI=1S/C27H28N6O2/c1-17-16-35-14-13-32(17)25-21-15-33(26(34)18-7-5-4-6-8-18)27(2,3)22(21)30-24(31-25)20-10-12-29-23-19(20)9-11-28-23/h4-12,17H,13-16H2,1-3H3,(H,28,29). The Balaban J connectivity index is 1.53. The summed E-state index contributed by atoms with van der Waals surface area (Å²) in [6.07, 6.45) is 3.65. The number of hydrogen-bond acceptors (Lipinski definition) is 6. The molecule has 1 N–H and O–H groups in total. The van der Waals surface area contributed by atoms with Gasteiger partial charge in [-0.25, -0.2) is 15.0 Å². The second-order valence-corrected chi connectivity index (χ2v) is 9.73. The molecular formula is C27H28N6O2. The first kappa shape index (κ1) is 21.7. The van der Waals surface area contributed by atoms with Crippen molar-refractivity contribution in [1.29, 1.82) is 0 Å². The first-order valence-corrected chi connectivity index (χ1v) is 12.0. The van der Waals surface area contributed by atoms with E-state index in [1.165, 1.54) is 0 Å². The SMILES string of the molecule is CC1COCCN1c1nc(-c2ccnc3[nH]ccc23)nc2c1CN(C(=O)c1ccccc1)C2(C)C. The van der Waals surface area contributed by atoms with Crippen LogP contribution in [0.2, 0.25) is 0 Å². The van der Waals surface area contributed by atoms with E-state index in [1.807, 2.05) is 53.6 Å². The molecule has 0 saturated carbocycles. The maximum atomic E-state index is 13.6. The van der Waals surface area contributed by atoms with Gasteiger partial charge in [-0.15, -0.1) is 0 Å². The van der Waals surface area contributed by atoms with Gasteiger partial charge in [0.2, 0.25) is 0 Å². The number of carbonyl (C=O) groups excluding carboxylic acids is 1. The molecule has 2 aliphatic heterocycles. The van der Waals surface area contributed by atoms with Gasteiger partial charge in [0.05, 0.1) is 37.0 Å². The minimum Gasteiger partial charge on any atom is -0.377 e. The zero-order valence-electron chi connectivity index (χ0n) is 20.2. The van der Waals surface area contributed by atoms with E-state index < -0.39 is 5.54 Å². The lowest BCUT2D eigenvalue weighted by molar-refractivity contribution is 0.0570. The van der Waals surface area contributed by atoms with E-state index in [1.54, 1.807) is 6.20 Å². The molecule has 1 amide bonds. The molecule has 4 aromatic rings. The average molecular weight is 469 g/mol. The summed E-state index contributed by atoms with van der Waals surface area (Å²) in [5.74, 6) is 1.53. The highest BCUT2D eigenvalue weighted by atomic mass is 16.5. The highest BCUT2D eigenvalue weighted by Gasteiger charge is 2.45. The molecule has 1 unspecified atom stereocenters. The first-order valence-electron chi connectivity index (χ1n) is 12.0. The van der Waals surface area contributed by atoms with E-state index in [-0.39, 0.29) is 11.9 Å². The van der Waals surface area contributed by atoms with Crippen LogP contribution in [-0.2, 0) is 16.8 Å². The zero-order valence-corrected chi connectivity index (χ0v) is 20.2. The summed E-state index contributed by atoms with van der Waals surface area (Å²) in [6, 6.07) is 13.6. The lowest BCUT2D eigenvalue weighted by Gasteiger charge is -2.35. The Kier molecular flexibility index (Phi) is 5.07. The maximum absolute atomic E-state index is 13.6. The minimum absolute atomic E-state index is 0.00642. The van der Waals surface area contributed by atoms with Gasteiger partial charge in [0.15, 0.2) is 5.82 Å². The van der Waals surface area contributed by atoms with Crippen molar-refractivity contribution in [3.63, 3.8) is 0 Å². The van der Waals surface area contributed by atoms with Gasteiger partial charge in [0.1, 0.15) is 11.5 Å². The van der Waals surface area contributed by atoms with Crippen LogP contribution in [0.1, 0.15) is 42.4 Å². The Hall–Kier alpha value is -3.78. The number of benzene rings is 1. The van der Waals surface area contributed by atoms with Crippen LogP contribution in [0.15, 0.2) is 54.9 Å². The van der Waals surface area contributed by atoms with Crippen molar-refractivity contribution < 1.29 is 9.53 Å². The number of morpholine rings is 1. The molecule has 1 atom stereocenters. The molecular weight excluding hydrogens is 440 g/mol. The fraction of sp³-hybridized carbons (Fsp3) is 0.333. The summed E-state index contributed by atoms with van der Waals surface area (Å²) in [5.41, 5.74) is 3.69. The average Bonchev–Trinajstić information content (AvgIpc) is 3.46.